The van der Waals surface area contributed by atoms with E-state index in [1.165, 1.54) is 32.4 Å². The van der Waals surface area contributed by atoms with E-state index in [2.05, 4.69) is 16.7 Å². The Kier molecular flexibility index (Phi) is 6.98. The van der Waals surface area contributed by atoms with Crippen molar-refractivity contribution in [2.75, 3.05) is 39.9 Å². The van der Waals surface area contributed by atoms with E-state index in [0.29, 0.717) is 42.6 Å². The third-order valence-electron chi connectivity index (χ3n) is 9.46. The van der Waals surface area contributed by atoms with Crippen molar-refractivity contribution in [3.05, 3.63) is 52.2 Å². The van der Waals surface area contributed by atoms with E-state index in [-0.39, 0.29) is 12.7 Å². The van der Waals surface area contributed by atoms with Crippen LogP contribution in [-0.4, -0.2) is 89.7 Å². The average Bonchev–Trinajstić information content (AvgIpc) is 3.39. The minimum absolute atomic E-state index is 0.0235. The van der Waals surface area contributed by atoms with Crippen molar-refractivity contribution in [3.63, 3.8) is 0 Å². The monoisotopic (exact) mass is 572 g/mol. The fourth-order valence-corrected chi connectivity index (χ4v) is 7.31. The normalized spacial score (nSPS) is 23.0. The zero-order valence-electron chi connectivity index (χ0n) is 24.2. The number of carbonyl (C=O) groups excluding carboxylic acids is 3. The number of rotatable bonds is 4. The highest BCUT2D eigenvalue weighted by Crippen LogP contribution is 2.44. The second kappa shape index (κ2) is 10.8. The minimum atomic E-state index is -0.846. The van der Waals surface area contributed by atoms with Gasteiger partial charge in [0.15, 0.2) is 6.23 Å². The number of amides is 1. The highest BCUT2D eigenvalue weighted by molar-refractivity contribution is 6.42. The largest absolute Gasteiger partial charge is 0.455 e. The Morgan fingerprint density at radius 2 is 1.88 bits per heavy atom. The number of allylic oxidation sites excluding steroid dienone is 1. The van der Waals surface area contributed by atoms with Crippen LogP contribution in [0.3, 0.4) is 0 Å². The van der Waals surface area contributed by atoms with Crippen LogP contribution >= 0.6 is 0 Å². The summed E-state index contributed by atoms with van der Waals surface area (Å²) in [4.78, 5) is 49.3. The number of ketones is 1. The molecule has 10 nitrogen and oxygen atoms in total. The Labute approximate surface area is 244 Å². The number of hydrogen-bond acceptors (Lipinski definition) is 9. The van der Waals surface area contributed by atoms with E-state index >= 15 is 0 Å². The molecule has 1 amide bonds. The SMILES string of the molecule is CCc1c2c(nc3ccc(OC(=O)N4CCC(N5CCCCC5)CC4)cc13)C1=CC3=C(COC(=O)C3=O)C(OC)N1C2. The summed E-state index contributed by atoms with van der Waals surface area (Å²) in [6, 6.07) is 6.15. The molecule has 0 radical (unpaired) electrons. The maximum atomic E-state index is 13.1. The van der Waals surface area contributed by atoms with Crippen LogP contribution in [-0.2, 0) is 32.0 Å². The third kappa shape index (κ3) is 4.48. The van der Waals surface area contributed by atoms with Crippen molar-refractivity contribution in [1.29, 1.82) is 0 Å². The van der Waals surface area contributed by atoms with Gasteiger partial charge in [0.05, 0.1) is 16.9 Å². The first-order valence-corrected chi connectivity index (χ1v) is 15.1. The van der Waals surface area contributed by atoms with Crippen LogP contribution in [0, 0.1) is 0 Å². The van der Waals surface area contributed by atoms with Crippen molar-refractivity contribution in [1.82, 2.24) is 19.7 Å². The topological polar surface area (TPSA) is 102 Å². The molecule has 5 aliphatic rings. The number of pyridine rings is 1. The van der Waals surface area contributed by atoms with Crippen molar-refractivity contribution in [2.24, 2.45) is 0 Å². The number of cyclic esters (lactones) is 1. The number of hydrogen-bond donors (Lipinski definition) is 0. The number of nitrogens with zero attached hydrogens (tertiary/aromatic N) is 4. The molecular formula is C32H36N4O6. The Balaban J connectivity index is 1.14. The number of fused-ring (bicyclic) bond motifs is 4. The van der Waals surface area contributed by atoms with Crippen molar-refractivity contribution >= 4 is 34.4 Å². The van der Waals surface area contributed by atoms with Crippen LogP contribution < -0.4 is 4.74 Å². The zero-order chi connectivity index (χ0) is 29.0. The number of aryl methyl sites for hydroxylation is 1. The quantitative estimate of drug-likeness (QED) is 0.400. The molecule has 2 saturated heterocycles. The second-order valence-corrected chi connectivity index (χ2v) is 11.7. The van der Waals surface area contributed by atoms with Gasteiger partial charge in [0.25, 0.3) is 5.78 Å². The zero-order valence-corrected chi connectivity index (χ0v) is 24.2. The molecule has 42 heavy (non-hydrogen) atoms. The molecule has 5 aliphatic heterocycles. The molecule has 1 aromatic heterocycles. The first-order chi connectivity index (χ1) is 20.5. The van der Waals surface area contributed by atoms with Gasteiger partial charge < -0.3 is 28.9 Å². The molecule has 1 unspecified atom stereocenters. The highest BCUT2D eigenvalue weighted by Gasteiger charge is 2.43. The Hall–Kier alpha value is -3.76. The van der Waals surface area contributed by atoms with E-state index in [0.717, 1.165) is 52.7 Å². The Morgan fingerprint density at radius 1 is 1.10 bits per heavy atom. The van der Waals surface area contributed by atoms with Crippen LogP contribution in [0.4, 0.5) is 4.79 Å². The lowest BCUT2D eigenvalue weighted by Gasteiger charge is -2.39. The molecule has 10 heteroatoms. The third-order valence-corrected chi connectivity index (χ3v) is 9.46. The number of ether oxygens (including phenoxy) is 3. The molecule has 2 aromatic rings. The molecule has 220 valence electrons. The van der Waals surface area contributed by atoms with Gasteiger partial charge in [-0.3, -0.25) is 4.79 Å². The number of piperidine rings is 2. The number of methoxy groups -OCH3 is 1. The van der Waals surface area contributed by atoms with Crippen molar-refractivity contribution in [2.45, 2.75) is 64.3 Å². The summed E-state index contributed by atoms with van der Waals surface area (Å²) in [5, 5.41) is 0.937. The summed E-state index contributed by atoms with van der Waals surface area (Å²) in [5.41, 5.74) is 5.45. The number of esters is 1. The smallest absolute Gasteiger partial charge is 0.415 e. The average molecular weight is 573 g/mol. The van der Waals surface area contributed by atoms with E-state index in [1.54, 1.807) is 19.3 Å². The summed E-state index contributed by atoms with van der Waals surface area (Å²) in [6.45, 7) is 6.44. The molecule has 1 aromatic carbocycles. The van der Waals surface area contributed by atoms with Gasteiger partial charge >= 0.3 is 12.1 Å². The lowest BCUT2D eigenvalue weighted by atomic mass is 9.95. The molecule has 0 saturated carbocycles. The molecule has 1 atom stereocenters. The summed E-state index contributed by atoms with van der Waals surface area (Å²) in [6.07, 6.45) is 7.52. The van der Waals surface area contributed by atoms with Crippen LogP contribution in [0.2, 0.25) is 0 Å². The maximum Gasteiger partial charge on any atom is 0.415 e. The number of carbonyl (C=O) groups is 3. The van der Waals surface area contributed by atoms with Gasteiger partial charge in [0.2, 0.25) is 0 Å². The Morgan fingerprint density at radius 3 is 2.62 bits per heavy atom. The predicted molar refractivity (Wildman–Crippen MR) is 154 cm³/mol. The molecular weight excluding hydrogens is 536 g/mol. The highest BCUT2D eigenvalue weighted by atomic mass is 16.6. The number of benzene rings is 1. The van der Waals surface area contributed by atoms with Crippen molar-refractivity contribution in [3.8, 4) is 5.75 Å². The second-order valence-electron chi connectivity index (χ2n) is 11.7. The standard InChI is InChI=1S/C32H36N4O6/c1-3-21-22-15-20(42-32(39)35-13-9-19(10-14-35)34-11-5-4-6-12-34)7-8-26(22)33-28-24(21)17-36-27(28)16-23-25(30(36)40-2)18-41-31(38)29(23)37/h7-8,15-16,19,30H,3-6,9-14,17-18H2,1-2H3. The maximum absolute atomic E-state index is 13.1. The van der Waals surface area contributed by atoms with Crippen LogP contribution in [0.25, 0.3) is 16.6 Å². The van der Waals surface area contributed by atoms with Crippen LogP contribution in [0.15, 0.2) is 35.4 Å². The fourth-order valence-electron chi connectivity index (χ4n) is 7.31. The summed E-state index contributed by atoms with van der Waals surface area (Å²) >= 11 is 0. The molecule has 0 aliphatic carbocycles. The first-order valence-electron chi connectivity index (χ1n) is 15.1. The van der Waals surface area contributed by atoms with Gasteiger partial charge in [-0.05, 0) is 75.0 Å². The van der Waals surface area contributed by atoms with E-state index in [1.807, 2.05) is 17.0 Å². The summed E-state index contributed by atoms with van der Waals surface area (Å²) < 4.78 is 16.8. The lowest BCUT2D eigenvalue weighted by molar-refractivity contribution is -0.153. The van der Waals surface area contributed by atoms with Gasteiger partial charge in [-0.15, -0.1) is 0 Å². The van der Waals surface area contributed by atoms with Gasteiger partial charge in [-0.1, -0.05) is 13.3 Å². The van der Waals surface area contributed by atoms with Gasteiger partial charge in [-0.25, -0.2) is 14.6 Å². The van der Waals surface area contributed by atoms with E-state index in [9.17, 15) is 14.4 Å². The van der Waals surface area contributed by atoms with E-state index < -0.39 is 18.0 Å². The number of likely N-dealkylation sites (tertiary alicyclic amines) is 2. The molecule has 6 heterocycles. The molecule has 0 bridgehead atoms. The fraction of sp³-hybridized carbons (Fsp3) is 0.500. The summed E-state index contributed by atoms with van der Waals surface area (Å²) in [5.74, 6) is -0.996. The van der Waals surface area contributed by atoms with Gasteiger partial charge in [0.1, 0.15) is 12.4 Å². The number of Topliss-reactive ketones (excluding diaryl/α,β-unsaturated/α-hetero) is 1. The first kappa shape index (κ1) is 27.1. The number of aromatic nitrogens is 1. The van der Waals surface area contributed by atoms with Gasteiger partial charge in [-0.2, -0.15) is 0 Å². The predicted octanol–water partition coefficient (Wildman–Crippen LogP) is 3.81. The lowest BCUT2D eigenvalue weighted by Crippen LogP contribution is -2.48. The van der Waals surface area contributed by atoms with Gasteiger partial charge in [0, 0.05) is 54.9 Å². The Bertz CT molecular complexity index is 1530. The molecule has 0 spiro atoms. The molecule has 7 rings (SSSR count). The molecule has 2 fully saturated rings. The minimum Gasteiger partial charge on any atom is -0.455 e. The van der Waals surface area contributed by atoms with Crippen LogP contribution in [0.1, 0.15) is 55.8 Å². The molecule has 0 N–H and O–H groups in total. The van der Waals surface area contributed by atoms with Crippen LogP contribution in [0.5, 0.6) is 5.75 Å². The summed E-state index contributed by atoms with van der Waals surface area (Å²) in [7, 11) is 1.59. The van der Waals surface area contributed by atoms with E-state index in [4.69, 9.17) is 19.2 Å². The van der Waals surface area contributed by atoms with Crippen molar-refractivity contribution < 1.29 is 28.6 Å².